The fourth-order valence-corrected chi connectivity index (χ4v) is 3.36. The van der Waals surface area contributed by atoms with E-state index in [-0.39, 0.29) is 5.91 Å². The number of benzene rings is 1. The second-order valence-corrected chi connectivity index (χ2v) is 6.29. The normalized spacial score (nSPS) is 17.0. The summed E-state index contributed by atoms with van der Waals surface area (Å²) in [5.41, 5.74) is 2.46. The highest BCUT2D eigenvalue weighted by atomic mass is 16.1. The topological polar surface area (TPSA) is 69.0 Å². The van der Waals surface area contributed by atoms with Gasteiger partial charge in [0.2, 0.25) is 0 Å². The number of anilines is 2. The summed E-state index contributed by atoms with van der Waals surface area (Å²) in [4.78, 5) is 19.2. The van der Waals surface area contributed by atoms with Crippen molar-refractivity contribution in [2.24, 2.45) is 0 Å². The Morgan fingerprint density at radius 3 is 3.00 bits per heavy atom. The molecule has 3 rings (SSSR count). The van der Waals surface area contributed by atoms with Crippen molar-refractivity contribution in [3.05, 3.63) is 53.9 Å². The highest BCUT2D eigenvalue weighted by molar-refractivity contribution is 6.05. The van der Waals surface area contributed by atoms with E-state index in [0.29, 0.717) is 22.9 Å². The Morgan fingerprint density at radius 1 is 1.36 bits per heavy atom. The Bertz CT molecular complexity index is 796. The van der Waals surface area contributed by atoms with Gasteiger partial charge in [0.1, 0.15) is 6.07 Å². The number of carbonyl (C=O) groups excluding carboxylic acids is 1. The molecule has 5 heteroatoms. The minimum atomic E-state index is -0.248. The van der Waals surface area contributed by atoms with Gasteiger partial charge in [0.15, 0.2) is 0 Å². The molecule has 1 N–H and O–H groups in total. The molecule has 1 aliphatic rings. The summed E-state index contributed by atoms with van der Waals surface area (Å²) in [7, 11) is 0. The number of nitriles is 1. The first kappa shape index (κ1) is 17.0. The number of pyridine rings is 1. The van der Waals surface area contributed by atoms with E-state index >= 15 is 0 Å². The molecular weight excluding hydrogens is 312 g/mol. The SMILES string of the molecule is CCC1CCCCN1c1cncc(C(=O)Nc2ccccc2C#N)c1. The summed E-state index contributed by atoms with van der Waals surface area (Å²) in [5.74, 6) is -0.248. The third kappa shape index (κ3) is 3.80. The van der Waals surface area contributed by atoms with E-state index in [2.05, 4.69) is 28.2 Å². The molecule has 1 aromatic carbocycles. The minimum absolute atomic E-state index is 0.248. The second kappa shape index (κ2) is 7.80. The number of hydrogen-bond donors (Lipinski definition) is 1. The van der Waals surface area contributed by atoms with Crippen LogP contribution in [0.25, 0.3) is 0 Å². The molecule has 1 atom stereocenters. The molecule has 1 amide bonds. The van der Waals surface area contributed by atoms with E-state index in [4.69, 9.17) is 5.26 Å². The van der Waals surface area contributed by atoms with Gasteiger partial charge >= 0.3 is 0 Å². The van der Waals surface area contributed by atoms with Gasteiger partial charge in [-0.2, -0.15) is 5.26 Å². The van der Waals surface area contributed by atoms with Crippen LogP contribution in [0.5, 0.6) is 0 Å². The van der Waals surface area contributed by atoms with Gasteiger partial charge in [0.05, 0.1) is 28.7 Å². The Hall–Kier alpha value is -2.87. The van der Waals surface area contributed by atoms with E-state index < -0.39 is 0 Å². The number of carbonyl (C=O) groups is 1. The van der Waals surface area contributed by atoms with Crippen LogP contribution in [0.1, 0.15) is 48.5 Å². The largest absolute Gasteiger partial charge is 0.367 e. The first-order valence-electron chi connectivity index (χ1n) is 8.75. The maximum Gasteiger partial charge on any atom is 0.257 e. The molecule has 0 saturated carbocycles. The van der Waals surface area contributed by atoms with E-state index in [1.165, 1.54) is 19.3 Å². The zero-order valence-corrected chi connectivity index (χ0v) is 14.4. The van der Waals surface area contributed by atoms with Crippen LogP contribution in [-0.2, 0) is 0 Å². The number of rotatable bonds is 4. The van der Waals surface area contributed by atoms with E-state index in [1.807, 2.05) is 12.3 Å². The maximum atomic E-state index is 12.6. The van der Waals surface area contributed by atoms with Gasteiger partial charge in [-0.15, -0.1) is 0 Å². The Labute approximate surface area is 148 Å². The van der Waals surface area contributed by atoms with Crippen LogP contribution < -0.4 is 10.2 Å². The van der Waals surface area contributed by atoms with Crippen LogP contribution >= 0.6 is 0 Å². The average Bonchev–Trinajstić information content (AvgIpc) is 2.68. The van der Waals surface area contributed by atoms with Crippen LogP contribution in [0.2, 0.25) is 0 Å². The third-order valence-corrected chi connectivity index (χ3v) is 4.71. The first-order chi connectivity index (χ1) is 12.2. The second-order valence-electron chi connectivity index (χ2n) is 6.29. The van der Waals surface area contributed by atoms with Crippen molar-refractivity contribution in [1.82, 2.24) is 4.98 Å². The molecule has 128 valence electrons. The molecule has 0 radical (unpaired) electrons. The van der Waals surface area contributed by atoms with Gasteiger partial charge in [0.25, 0.3) is 5.91 Å². The highest BCUT2D eigenvalue weighted by Gasteiger charge is 2.22. The Kier molecular flexibility index (Phi) is 5.30. The van der Waals surface area contributed by atoms with E-state index in [9.17, 15) is 4.79 Å². The number of amides is 1. The van der Waals surface area contributed by atoms with Crippen LogP contribution in [0.3, 0.4) is 0 Å². The summed E-state index contributed by atoms with van der Waals surface area (Å²) in [6.45, 7) is 3.20. The first-order valence-corrected chi connectivity index (χ1v) is 8.75. The van der Waals surface area contributed by atoms with E-state index in [1.54, 1.807) is 30.5 Å². The van der Waals surface area contributed by atoms with Crippen molar-refractivity contribution in [3.8, 4) is 6.07 Å². The van der Waals surface area contributed by atoms with Crippen LogP contribution in [0, 0.1) is 11.3 Å². The number of aromatic nitrogens is 1. The predicted octanol–water partition coefficient (Wildman–Crippen LogP) is 3.97. The number of nitrogens with zero attached hydrogens (tertiary/aromatic N) is 3. The number of nitrogens with one attached hydrogen (secondary N) is 1. The molecule has 1 fully saturated rings. The molecular formula is C20H22N4O. The number of piperidine rings is 1. The van der Waals surface area contributed by atoms with Crippen LogP contribution in [-0.4, -0.2) is 23.5 Å². The predicted molar refractivity (Wildman–Crippen MR) is 98.6 cm³/mol. The lowest BCUT2D eigenvalue weighted by Crippen LogP contribution is -2.39. The molecule has 0 aliphatic carbocycles. The quantitative estimate of drug-likeness (QED) is 0.918. The average molecular weight is 334 g/mol. The van der Waals surface area contributed by atoms with Crippen molar-refractivity contribution in [3.63, 3.8) is 0 Å². The summed E-state index contributed by atoms with van der Waals surface area (Å²) in [5, 5.41) is 12.0. The Balaban J connectivity index is 1.81. The number of hydrogen-bond acceptors (Lipinski definition) is 4. The molecule has 1 aliphatic heterocycles. The van der Waals surface area contributed by atoms with Gasteiger partial charge in [0, 0.05) is 18.8 Å². The molecule has 0 bridgehead atoms. The summed E-state index contributed by atoms with van der Waals surface area (Å²) < 4.78 is 0. The summed E-state index contributed by atoms with van der Waals surface area (Å²) in [6.07, 6.45) is 8.09. The molecule has 1 saturated heterocycles. The van der Waals surface area contributed by atoms with Crippen molar-refractivity contribution >= 4 is 17.3 Å². The molecule has 0 spiro atoms. The van der Waals surface area contributed by atoms with Crippen LogP contribution in [0.4, 0.5) is 11.4 Å². The number of para-hydroxylation sites is 1. The fraction of sp³-hybridized carbons (Fsp3) is 0.350. The molecule has 25 heavy (non-hydrogen) atoms. The zero-order chi connectivity index (χ0) is 17.6. The maximum absolute atomic E-state index is 12.6. The molecule has 5 nitrogen and oxygen atoms in total. The zero-order valence-electron chi connectivity index (χ0n) is 14.4. The lowest BCUT2D eigenvalue weighted by molar-refractivity contribution is 0.102. The lowest BCUT2D eigenvalue weighted by atomic mass is 9.99. The molecule has 1 aromatic heterocycles. The standard InChI is InChI=1S/C20H22N4O/c1-2-17-8-5-6-10-24(17)18-11-16(13-22-14-18)20(25)23-19-9-4-3-7-15(19)12-21/h3-4,7,9,11,13-14,17H,2,5-6,8,10H2,1H3,(H,23,25). The van der Waals surface area contributed by atoms with Crippen molar-refractivity contribution in [1.29, 1.82) is 5.26 Å². The van der Waals surface area contributed by atoms with Gasteiger partial charge in [-0.25, -0.2) is 0 Å². The molecule has 2 aromatic rings. The lowest BCUT2D eigenvalue weighted by Gasteiger charge is -2.37. The molecule has 2 heterocycles. The summed E-state index contributed by atoms with van der Waals surface area (Å²) in [6, 6.07) is 11.5. The van der Waals surface area contributed by atoms with Crippen molar-refractivity contribution < 1.29 is 4.79 Å². The van der Waals surface area contributed by atoms with Crippen molar-refractivity contribution in [2.45, 2.75) is 38.6 Å². The van der Waals surface area contributed by atoms with Gasteiger partial charge < -0.3 is 10.2 Å². The Morgan fingerprint density at radius 2 is 2.20 bits per heavy atom. The van der Waals surface area contributed by atoms with Gasteiger partial charge in [-0.3, -0.25) is 9.78 Å². The van der Waals surface area contributed by atoms with Gasteiger partial charge in [-0.05, 0) is 43.9 Å². The van der Waals surface area contributed by atoms with Crippen molar-refractivity contribution in [2.75, 3.05) is 16.8 Å². The summed E-state index contributed by atoms with van der Waals surface area (Å²) >= 11 is 0. The minimum Gasteiger partial charge on any atom is -0.367 e. The fourth-order valence-electron chi connectivity index (χ4n) is 3.36. The monoisotopic (exact) mass is 334 g/mol. The van der Waals surface area contributed by atoms with Gasteiger partial charge in [-0.1, -0.05) is 19.1 Å². The smallest absolute Gasteiger partial charge is 0.257 e. The molecule has 1 unspecified atom stereocenters. The third-order valence-electron chi connectivity index (χ3n) is 4.71. The van der Waals surface area contributed by atoms with Crippen LogP contribution in [0.15, 0.2) is 42.7 Å². The highest BCUT2D eigenvalue weighted by Crippen LogP contribution is 2.26. The van der Waals surface area contributed by atoms with E-state index in [0.717, 1.165) is 18.7 Å².